The number of ether oxygens (including phenoxy) is 1. The third kappa shape index (κ3) is 3.95. The zero-order valence-corrected chi connectivity index (χ0v) is 11.1. The van der Waals surface area contributed by atoms with Gasteiger partial charge in [0.15, 0.2) is 0 Å². The minimum Gasteiger partial charge on any atom is -0.427 e. The van der Waals surface area contributed by atoms with Crippen molar-refractivity contribution in [1.82, 2.24) is 0 Å². The number of hydrogen-bond donors (Lipinski definition) is 0. The second-order valence-corrected chi connectivity index (χ2v) is 4.51. The molecule has 2 heteroatoms. The summed E-state index contributed by atoms with van der Waals surface area (Å²) in [5.41, 5.74) is 1.19. The number of para-hydroxylation sites is 1. The highest BCUT2D eigenvalue weighted by Crippen LogP contribution is 2.23. The Bertz CT molecular complexity index is 505. The molecule has 0 radical (unpaired) electrons. The molecule has 0 aliphatic rings. The number of benzene rings is 2. The van der Waals surface area contributed by atoms with Gasteiger partial charge in [-0.15, -0.1) is 0 Å². The lowest BCUT2D eigenvalue weighted by Crippen LogP contribution is -2.12. The van der Waals surface area contributed by atoms with Gasteiger partial charge in [-0.05, 0) is 30.0 Å². The van der Waals surface area contributed by atoms with Gasteiger partial charge in [-0.2, -0.15) is 0 Å². The lowest BCUT2D eigenvalue weighted by molar-refractivity contribution is -0.134. The van der Waals surface area contributed by atoms with Gasteiger partial charge < -0.3 is 4.74 Å². The first-order valence-corrected chi connectivity index (χ1v) is 6.60. The van der Waals surface area contributed by atoms with Crippen molar-refractivity contribution in [3.05, 3.63) is 66.2 Å². The number of carbonyl (C=O) groups excluding carboxylic acids is 1. The first-order chi connectivity index (χ1) is 9.29. The van der Waals surface area contributed by atoms with E-state index in [2.05, 4.69) is 19.1 Å². The van der Waals surface area contributed by atoms with Crippen LogP contribution in [0, 0.1) is 0 Å². The number of carbonyl (C=O) groups is 1. The van der Waals surface area contributed by atoms with Gasteiger partial charge in [-0.3, -0.25) is 4.79 Å². The molecule has 0 heterocycles. The van der Waals surface area contributed by atoms with Gasteiger partial charge in [0.1, 0.15) is 5.75 Å². The molecule has 0 bridgehead atoms. The smallest absolute Gasteiger partial charge is 0.311 e. The molecule has 0 fully saturated rings. The van der Waals surface area contributed by atoms with Gasteiger partial charge >= 0.3 is 5.97 Å². The maximum absolute atomic E-state index is 11.9. The molecule has 0 saturated carbocycles. The Morgan fingerprint density at radius 3 is 2.16 bits per heavy atom. The molecule has 0 saturated heterocycles. The van der Waals surface area contributed by atoms with Crippen molar-refractivity contribution in [2.45, 2.75) is 25.7 Å². The van der Waals surface area contributed by atoms with E-state index in [1.54, 1.807) is 12.1 Å². The first-order valence-electron chi connectivity index (χ1n) is 6.60. The van der Waals surface area contributed by atoms with Gasteiger partial charge in [0.05, 0.1) is 6.42 Å². The standard InChI is InChI=1S/C17H18O2/c1-2-14(15-9-5-3-6-10-15)13-17(18)19-16-11-7-4-8-12-16/h3-12,14H,2,13H2,1H3. The summed E-state index contributed by atoms with van der Waals surface area (Å²) < 4.78 is 5.33. The fourth-order valence-corrected chi connectivity index (χ4v) is 2.09. The van der Waals surface area contributed by atoms with E-state index in [1.165, 1.54) is 5.56 Å². The maximum Gasteiger partial charge on any atom is 0.311 e. The Kier molecular flexibility index (Phi) is 4.73. The van der Waals surface area contributed by atoms with Crippen LogP contribution in [0.15, 0.2) is 60.7 Å². The van der Waals surface area contributed by atoms with Crippen LogP contribution < -0.4 is 4.74 Å². The molecule has 1 atom stereocenters. The fraction of sp³-hybridized carbons (Fsp3) is 0.235. The third-order valence-electron chi connectivity index (χ3n) is 3.15. The topological polar surface area (TPSA) is 26.3 Å². The molecule has 0 aliphatic carbocycles. The highest BCUT2D eigenvalue weighted by molar-refractivity contribution is 5.73. The van der Waals surface area contributed by atoms with E-state index in [0.717, 1.165) is 6.42 Å². The molecule has 2 aromatic rings. The molecular formula is C17H18O2. The predicted octanol–water partition coefficient (Wildman–Crippen LogP) is 4.18. The molecule has 2 rings (SSSR count). The van der Waals surface area contributed by atoms with Crippen LogP contribution in [0.25, 0.3) is 0 Å². The Labute approximate surface area is 114 Å². The molecule has 0 spiro atoms. The summed E-state index contributed by atoms with van der Waals surface area (Å²) in [5.74, 6) is 0.648. The third-order valence-corrected chi connectivity index (χ3v) is 3.15. The SMILES string of the molecule is CCC(CC(=O)Oc1ccccc1)c1ccccc1. The highest BCUT2D eigenvalue weighted by atomic mass is 16.5. The zero-order chi connectivity index (χ0) is 13.5. The van der Waals surface area contributed by atoms with Crippen LogP contribution in [-0.2, 0) is 4.79 Å². The van der Waals surface area contributed by atoms with Crippen LogP contribution in [-0.4, -0.2) is 5.97 Å². The van der Waals surface area contributed by atoms with E-state index in [0.29, 0.717) is 12.2 Å². The van der Waals surface area contributed by atoms with E-state index in [-0.39, 0.29) is 11.9 Å². The average Bonchev–Trinajstić information content (AvgIpc) is 2.47. The second-order valence-electron chi connectivity index (χ2n) is 4.51. The van der Waals surface area contributed by atoms with Gasteiger partial charge in [-0.25, -0.2) is 0 Å². The normalized spacial score (nSPS) is 11.8. The van der Waals surface area contributed by atoms with Crippen LogP contribution >= 0.6 is 0 Å². The van der Waals surface area contributed by atoms with Crippen molar-refractivity contribution in [3.63, 3.8) is 0 Å². The lowest BCUT2D eigenvalue weighted by atomic mass is 9.93. The van der Waals surface area contributed by atoms with E-state index >= 15 is 0 Å². The van der Waals surface area contributed by atoms with Crippen LogP contribution in [0.2, 0.25) is 0 Å². The fourth-order valence-electron chi connectivity index (χ4n) is 2.09. The van der Waals surface area contributed by atoms with Crippen molar-refractivity contribution in [2.75, 3.05) is 0 Å². The van der Waals surface area contributed by atoms with Gasteiger partial charge in [-0.1, -0.05) is 55.5 Å². The molecule has 0 aromatic heterocycles. The zero-order valence-electron chi connectivity index (χ0n) is 11.1. The van der Waals surface area contributed by atoms with Crippen LogP contribution in [0.5, 0.6) is 5.75 Å². The minimum atomic E-state index is -0.179. The number of hydrogen-bond acceptors (Lipinski definition) is 2. The van der Waals surface area contributed by atoms with Gasteiger partial charge in [0.2, 0.25) is 0 Å². The molecule has 19 heavy (non-hydrogen) atoms. The van der Waals surface area contributed by atoms with E-state index in [4.69, 9.17) is 4.74 Å². The quantitative estimate of drug-likeness (QED) is 0.591. The molecule has 2 nitrogen and oxygen atoms in total. The molecule has 1 unspecified atom stereocenters. The molecule has 0 N–H and O–H groups in total. The average molecular weight is 254 g/mol. The highest BCUT2D eigenvalue weighted by Gasteiger charge is 2.15. The van der Waals surface area contributed by atoms with Crippen LogP contribution in [0.3, 0.4) is 0 Å². The second kappa shape index (κ2) is 6.74. The van der Waals surface area contributed by atoms with Crippen LogP contribution in [0.4, 0.5) is 0 Å². The van der Waals surface area contributed by atoms with Crippen molar-refractivity contribution >= 4 is 5.97 Å². The summed E-state index contributed by atoms with van der Waals surface area (Å²) in [6, 6.07) is 19.3. The molecule has 0 aliphatic heterocycles. The summed E-state index contributed by atoms with van der Waals surface area (Å²) >= 11 is 0. The lowest BCUT2D eigenvalue weighted by Gasteiger charge is -2.14. The van der Waals surface area contributed by atoms with E-state index in [1.807, 2.05) is 36.4 Å². The Morgan fingerprint density at radius 2 is 1.58 bits per heavy atom. The summed E-state index contributed by atoms with van der Waals surface area (Å²) in [6.07, 6.45) is 1.34. The van der Waals surface area contributed by atoms with Crippen molar-refractivity contribution in [3.8, 4) is 5.75 Å². The van der Waals surface area contributed by atoms with Gasteiger partial charge in [0, 0.05) is 0 Å². The first kappa shape index (κ1) is 13.3. The minimum absolute atomic E-state index is 0.179. The Morgan fingerprint density at radius 1 is 1.00 bits per heavy atom. The summed E-state index contributed by atoms with van der Waals surface area (Å²) in [4.78, 5) is 11.9. The van der Waals surface area contributed by atoms with Crippen molar-refractivity contribution < 1.29 is 9.53 Å². The van der Waals surface area contributed by atoms with Crippen LogP contribution in [0.1, 0.15) is 31.2 Å². The number of esters is 1. The Hall–Kier alpha value is -2.09. The summed E-state index contributed by atoms with van der Waals surface area (Å²) in [6.45, 7) is 2.09. The van der Waals surface area contributed by atoms with Gasteiger partial charge in [0.25, 0.3) is 0 Å². The molecule has 98 valence electrons. The van der Waals surface area contributed by atoms with E-state index in [9.17, 15) is 4.79 Å². The monoisotopic (exact) mass is 254 g/mol. The molecular weight excluding hydrogens is 236 g/mol. The van der Waals surface area contributed by atoms with E-state index < -0.39 is 0 Å². The predicted molar refractivity (Wildman–Crippen MR) is 76.2 cm³/mol. The number of rotatable bonds is 5. The van der Waals surface area contributed by atoms with Crippen molar-refractivity contribution in [1.29, 1.82) is 0 Å². The summed E-state index contributed by atoms with van der Waals surface area (Å²) in [7, 11) is 0. The summed E-state index contributed by atoms with van der Waals surface area (Å²) in [5, 5.41) is 0. The Balaban J connectivity index is 1.97. The maximum atomic E-state index is 11.9. The molecule has 2 aromatic carbocycles. The molecule has 0 amide bonds. The largest absolute Gasteiger partial charge is 0.427 e. The van der Waals surface area contributed by atoms with Crippen molar-refractivity contribution in [2.24, 2.45) is 0 Å².